The summed E-state index contributed by atoms with van der Waals surface area (Å²) in [6, 6.07) is 6.26. The fourth-order valence-electron chi connectivity index (χ4n) is 3.32. The number of aromatic nitrogens is 4. The summed E-state index contributed by atoms with van der Waals surface area (Å²) >= 11 is 0. The van der Waals surface area contributed by atoms with E-state index >= 15 is 0 Å². The molecular weight excluding hydrogens is 444 g/mol. The summed E-state index contributed by atoms with van der Waals surface area (Å²) in [6.07, 6.45) is 3.99. The van der Waals surface area contributed by atoms with Gasteiger partial charge in [-0.25, -0.2) is 24.4 Å². The summed E-state index contributed by atoms with van der Waals surface area (Å²) in [6.45, 7) is -0.283. The van der Waals surface area contributed by atoms with E-state index < -0.39 is 35.5 Å². The molecule has 1 aliphatic rings. The fraction of sp³-hybridized carbons (Fsp3) is 0.273. The maximum Gasteiger partial charge on any atom is 0.340 e. The van der Waals surface area contributed by atoms with Gasteiger partial charge in [0, 0.05) is 45.3 Å². The third-order valence-electron chi connectivity index (χ3n) is 5.10. The molecule has 3 aromatic heterocycles. The second-order valence-corrected chi connectivity index (χ2v) is 7.46. The van der Waals surface area contributed by atoms with Gasteiger partial charge in [-0.05, 0) is 24.3 Å². The Morgan fingerprint density at radius 2 is 1.62 bits per heavy atom. The Balaban J connectivity index is 1.57. The van der Waals surface area contributed by atoms with Gasteiger partial charge in [0.2, 0.25) is 0 Å². The molecule has 34 heavy (non-hydrogen) atoms. The van der Waals surface area contributed by atoms with Crippen LogP contribution in [-0.4, -0.2) is 49.9 Å². The molecular formula is C22H20N6O6. The monoisotopic (exact) mass is 464 g/mol. The zero-order chi connectivity index (χ0) is 24.2. The van der Waals surface area contributed by atoms with Crippen LogP contribution in [0.5, 0.6) is 0 Å². The number of ether oxygens (including phenoxy) is 2. The topological polar surface area (TPSA) is 147 Å². The van der Waals surface area contributed by atoms with E-state index in [1.807, 2.05) is 0 Å². The number of carbonyl (C=O) groups excluding carboxylic acids is 2. The van der Waals surface area contributed by atoms with Gasteiger partial charge >= 0.3 is 17.6 Å². The van der Waals surface area contributed by atoms with Crippen LogP contribution in [-0.2, 0) is 23.6 Å². The van der Waals surface area contributed by atoms with Gasteiger partial charge < -0.3 is 9.47 Å². The molecule has 174 valence electrons. The zero-order valence-electron chi connectivity index (χ0n) is 18.3. The number of hydrogen-bond acceptors (Lipinski definition) is 10. The first-order valence-corrected chi connectivity index (χ1v) is 10.2. The number of rotatable bonds is 7. The van der Waals surface area contributed by atoms with E-state index in [2.05, 4.69) is 20.0 Å². The fourth-order valence-corrected chi connectivity index (χ4v) is 3.32. The Morgan fingerprint density at radius 1 is 0.971 bits per heavy atom. The van der Waals surface area contributed by atoms with Crippen molar-refractivity contribution >= 4 is 11.9 Å². The normalized spacial score (nSPS) is 14.9. The predicted octanol–water partition coefficient (Wildman–Crippen LogP) is -1.07. The first-order valence-electron chi connectivity index (χ1n) is 10.2. The lowest BCUT2D eigenvalue weighted by molar-refractivity contribution is -0.00430. The van der Waals surface area contributed by atoms with Gasteiger partial charge in [0.05, 0.1) is 11.1 Å². The van der Waals surface area contributed by atoms with Crippen LogP contribution in [0, 0.1) is 0 Å². The van der Waals surface area contributed by atoms with E-state index in [0.717, 1.165) is 4.57 Å². The molecule has 0 aromatic carbocycles. The average Bonchev–Trinajstić information content (AvgIpc) is 3.29. The van der Waals surface area contributed by atoms with Crippen molar-refractivity contribution in [2.24, 2.45) is 24.1 Å². The van der Waals surface area contributed by atoms with Crippen molar-refractivity contribution in [3.8, 4) is 0 Å². The first-order chi connectivity index (χ1) is 16.3. The predicted molar refractivity (Wildman–Crippen MR) is 116 cm³/mol. The van der Waals surface area contributed by atoms with Gasteiger partial charge in [0.1, 0.15) is 18.9 Å². The van der Waals surface area contributed by atoms with Crippen LogP contribution >= 0.6 is 0 Å². The van der Waals surface area contributed by atoms with Gasteiger partial charge in [0.25, 0.3) is 5.56 Å². The van der Waals surface area contributed by atoms with Crippen molar-refractivity contribution in [1.82, 2.24) is 19.1 Å². The standard InChI is InChI=1S/C22H20N6O6/c1-27-18-17(19(29)28(2)22(27)32)25-16(26-18)9-15(34-21(31)14-6-4-8-24-11-14)12-33-20(30)13-5-3-7-23-10-13/h3-8,10-11,15-16H,9,12H2,1-2H3. The number of nitrogens with zero attached hydrogens (tertiary/aromatic N) is 6. The number of pyridine rings is 2. The average molecular weight is 464 g/mol. The van der Waals surface area contributed by atoms with E-state index in [9.17, 15) is 19.2 Å². The Morgan fingerprint density at radius 3 is 2.24 bits per heavy atom. The van der Waals surface area contributed by atoms with Crippen LogP contribution in [0.15, 0.2) is 68.6 Å². The lowest BCUT2D eigenvalue weighted by Gasteiger charge is -2.19. The minimum atomic E-state index is -0.944. The van der Waals surface area contributed by atoms with Crippen LogP contribution in [0.4, 0.5) is 0 Å². The molecule has 12 nitrogen and oxygen atoms in total. The van der Waals surface area contributed by atoms with Crippen molar-refractivity contribution < 1.29 is 19.1 Å². The molecule has 3 aromatic rings. The summed E-state index contributed by atoms with van der Waals surface area (Å²) in [7, 11) is 2.84. The van der Waals surface area contributed by atoms with Crippen molar-refractivity contribution in [3.63, 3.8) is 0 Å². The number of hydrogen-bond donors (Lipinski definition) is 0. The molecule has 2 unspecified atom stereocenters. The molecule has 4 heterocycles. The van der Waals surface area contributed by atoms with Gasteiger partial charge in [0.15, 0.2) is 10.8 Å². The summed E-state index contributed by atoms with van der Waals surface area (Å²) < 4.78 is 13.0. The highest BCUT2D eigenvalue weighted by Gasteiger charge is 2.25. The van der Waals surface area contributed by atoms with Crippen LogP contribution < -0.4 is 22.1 Å². The molecule has 1 aliphatic heterocycles. The lowest BCUT2D eigenvalue weighted by atomic mass is 10.2. The zero-order valence-corrected chi connectivity index (χ0v) is 18.3. The Hall–Kier alpha value is -4.48. The summed E-state index contributed by atoms with van der Waals surface area (Å²) in [4.78, 5) is 66.0. The van der Waals surface area contributed by atoms with E-state index in [0.29, 0.717) is 0 Å². The molecule has 0 bridgehead atoms. The maximum atomic E-state index is 12.6. The number of fused-ring (bicyclic) bond motifs is 1. The Kier molecular flexibility index (Phi) is 6.39. The quantitative estimate of drug-likeness (QED) is 0.402. The van der Waals surface area contributed by atoms with Crippen LogP contribution in [0.3, 0.4) is 0 Å². The largest absolute Gasteiger partial charge is 0.458 e. The molecule has 0 saturated heterocycles. The van der Waals surface area contributed by atoms with E-state index in [4.69, 9.17) is 9.47 Å². The molecule has 0 saturated carbocycles. The Labute approximate surface area is 191 Å². The molecule has 0 aliphatic carbocycles. The minimum absolute atomic E-state index is 0.0122. The van der Waals surface area contributed by atoms with Gasteiger partial charge in [-0.3, -0.25) is 23.9 Å². The maximum absolute atomic E-state index is 12.6. The van der Waals surface area contributed by atoms with Crippen molar-refractivity contribution in [3.05, 3.63) is 91.9 Å². The van der Waals surface area contributed by atoms with Crippen molar-refractivity contribution in [1.29, 1.82) is 0 Å². The summed E-state index contributed by atoms with van der Waals surface area (Å²) in [5.41, 5.74) is -0.515. The molecule has 0 fully saturated rings. The van der Waals surface area contributed by atoms with Crippen LogP contribution in [0.2, 0.25) is 0 Å². The van der Waals surface area contributed by atoms with E-state index in [-0.39, 0.29) is 35.0 Å². The summed E-state index contributed by atoms with van der Waals surface area (Å²) in [5.74, 6) is -1.32. The highest BCUT2D eigenvalue weighted by atomic mass is 16.6. The highest BCUT2D eigenvalue weighted by molar-refractivity contribution is 5.89. The number of esters is 2. The SMILES string of the molecule is Cn1c(=O)c2c(n(C)c1=O)=NC(CC(COC(=O)c1cccnc1)OC(=O)c1cccnc1)N=2. The molecule has 2 atom stereocenters. The minimum Gasteiger partial charge on any atom is -0.458 e. The van der Waals surface area contributed by atoms with Gasteiger partial charge in [-0.1, -0.05) is 0 Å². The molecule has 0 N–H and O–H groups in total. The van der Waals surface area contributed by atoms with Gasteiger partial charge in [-0.15, -0.1) is 0 Å². The number of carbonyl (C=O) groups is 2. The third-order valence-corrected chi connectivity index (χ3v) is 5.10. The third kappa shape index (κ3) is 4.65. The second-order valence-electron chi connectivity index (χ2n) is 7.46. The molecule has 0 amide bonds. The molecule has 12 heteroatoms. The highest BCUT2D eigenvalue weighted by Crippen LogP contribution is 2.13. The van der Waals surface area contributed by atoms with Crippen molar-refractivity contribution in [2.45, 2.75) is 18.7 Å². The molecule has 4 rings (SSSR count). The van der Waals surface area contributed by atoms with Crippen LogP contribution in [0.25, 0.3) is 0 Å². The lowest BCUT2D eigenvalue weighted by Crippen LogP contribution is -2.55. The van der Waals surface area contributed by atoms with E-state index in [1.165, 1.54) is 49.5 Å². The molecule has 0 radical (unpaired) electrons. The Bertz CT molecular complexity index is 1470. The van der Waals surface area contributed by atoms with Crippen molar-refractivity contribution in [2.75, 3.05) is 6.61 Å². The molecule has 0 spiro atoms. The van der Waals surface area contributed by atoms with Gasteiger partial charge in [-0.2, -0.15) is 0 Å². The smallest absolute Gasteiger partial charge is 0.340 e. The first kappa shape index (κ1) is 22.7. The van der Waals surface area contributed by atoms with Crippen LogP contribution in [0.1, 0.15) is 27.1 Å². The summed E-state index contributed by atoms with van der Waals surface area (Å²) in [5, 5.41) is 0.0410. The van der Waals surface area contributed by atoms with E-state index in [1.54, 1.807) is 18.2 Å². The second kappa shape index (κ2) is 9.57.